The maximum atomic E-state index is 6.01. The maximum Gasteiger partial charge on any atom is 0.212 e. The van der Waals surface area contributed by atoms with Crippen LogP contribution in [0.15, 0.2) is 61.2 Å². The number of aryl methyl sites for hydroxylation is 1. The lowest BCUT2D eigenvalue weighted by atomic mass is 10.0. The zero-order chi connectivity index (χ0) is 18.5. The highest BCUT2D eigenvalue weighted by atomic mass is 35.5. The van der Waals surface area contributed by atoms with Gasteiger partial charge in [-0.1, -0.05) is 54.6 Å². The summed E-state index contributed by atoms with van der Waals surface area (Å²) in [6.07, 6.45) is 0. The molecule has 0 amide bonds. The Labute approximate surface area is 158 Å². The third-order valence-corrected chi connectivity index (χ3v) is 4.32. The standard InChI is InChI=1S/C21H21ClN2O2/c1-15(13-25-3)19-7-5-4-6-17(19)14-26-21-12-20(23-24(21)2)16-8-10-18(22)11-9-16/h4-12H,1,13-14H2,2-3H3. The van der Waals surface area contributed by atoms with Crippen LogP contribution in [0.5, 0.6) is 5.88 Å². The summed E-state index contributed by atoms with van der Waals surface area (Å²) in [5.74, 6) is 0.696. The predicted octanol–water partition coefficient (Wildman–Crippen LogP) is 4.98. The van der Waals surface area contributed by atoms with Crippen molar-refractivity contribution in [1.29, 1.82) is 0 Å². The molecule has 2 aromatic carbocycles. The molecule has 134 valence electrons. The van der Waals surface area contributed by atoms with E-state index in [4.69, 9.17) is 21.1 Å². The van der Waals surface area contributed by atoms with Gasteiger partial charge in [-0.3, -0.25) is 0 Å². The highest BCUT2D eigenvalue weighted by Gasteiger charge is 2.11. The first kappa shape index (κ1) is 18.2. The van der Waals surface area contributed by atoms with Gasteiger partial charge in [-0.15, -0.1) is 0 Å². The molecule has 26 heavy (non-hydrogen) atoms. The number of rotatable bonds is 7. The molecule has 0 saturated carbocycles. The molecular weight excluding hydrogens is 348 g/mol. The van der Waals surface area contributed by atoms with Crippen molar-refractivity contribution in [3.8, 4) is 17.1 Å². The number of methoxy groups -OCH3 is 1. The number of hydrogen-bond donors (Lipinski definition) is 0. The minimum absolute atomic E-state index is 0.429. The molecule has 0 aliphatic rings. The van der Waals surface area contributed by atoms with E-state index < -0.39 is 0 Å². The van der Waals surface area contributed by atoms with E-state index >= 15 is 0 Å². The number of halogens is 1. The Bertz CT molecular complexity index is 901. The average Bonchev–Trinajstić information content (AvgIpc) is 3.02. The van der Waals surface area contributed by atoms with Gasteiger partial charge in [0, 0.05) is 30.8 Å². The number of ether oxygens (including phenoxy) is 2. The molecular formula is C21H21ClN2O2. The van der Waals surface area contributed by atoms with Gasteiger partial charge in [-0.05, 0) is 28.8 Å². The molecule has 0 fully saturated rings. The van der Waals surface area contributed by atoms with Crippen LogP contribution in [0, 0.1) is 0 Å². The summed E-state index contributed by atoms with van der Waals surface area (Å²) in [6, 6.07) is 17.6. The van der Waals surface area contributed by atoms with Crippen LogP contribution < -0.4 is 4.74 Å². The third kappa shape index (κ3) is 4.15. The van der Waals surface area contributed by atoms with Crippen LogP contribution in [0.3, 0.4) is 0 Å². The smallest absolute Gasteiger partial charge is 0.212 e. The molecule has 0 aliphatic heterocycles. The Hall–Kier alpha value is -2.56. The van der Waals surface area contributed by atoms with Crippen molar-refractivity contribution in [2.75, 3.05) is 13.7 Å². The van der Waals surface area contributed by atoms with Crippen LogP contribution in [0.4, 0.5) is 0 Å². The Morgan fingerprint density at radius 1 is 1.15 bits per heavy atom. The quantitative estimate of drug-likeness (QED) is 0.590. The largest absolute Gasteiger partial charge is 0.473 e. The molecule has 0 atom stereocenters. The van der Waals surface area contributed by atoms with E-state index in [0.717, 1.165) is 28.0 Å². The van der Waals surface area contributed by atoms with E-state index in [2.05, 4.69) is 11.7 Å². The van der Waals surface area contributed by atoms with Gasteiger partial charge in [0.25, 0.3) is 0 Å². The molecule has 0 spiro atoms. The van der Waals surface area contributed by atoms with Gasteiger partial charge < -0.3 is 9.47 Å². The lowest BCUT2D eigenvalue weighted by Gasteiger charge is -2.12. The van der Waals surface area contributed by atoms with Crippen molar-refractivity contribution in [1.82, 2.24) is 9.78 Å². The van der Waals surface area contributed by atoms with Crippen molar-refractivity contribution >= 4 is 17.2 Å². The van der Waals surface area contributed by atoms with Crippen LogP contribution in [0.1, 0.15) is 11.1 Å². The van der Waals surface area contributed by atoms with E-state index in [0.29, 0.717) is 24.1 Å². The lowest BCUT2D eigenvalue weighted by Crippen LogP contribution is -2.04. The molecule has 3 aromatic rings. The molecule has 5 heteroatoms. The van der Waals surface area contributed by atoms with E-state index in [9.17, 15) is 0 Å². The minimum Gasteiger partial charge on any atom is -0.473 e. The number of benzene rings is 2. The van der Waals surface area contributed by atoms with E-state index in [-0.39, 0.29) is 0 Å². The van der Waals surface area contributed by atoms with Gasteiger partial charge >= 0.3 is 0 Å². The summed E-state index contributed by atoms with van der Waals surface area (Å²) in [5.41, 5.74) is 4.88. The fourth-order valence-corrected chi connectivity index (χ4v) is 2.87. The molecule has 0 bridgehead atoms. The summed E-state index contributed by atoms with van der Waals surface area (Å²) in [4.78, 5) is 0. The highest BCUT2D eigenvalue weighted by Crippen LogP contribution is 2.25. The first-order valence-electron chi connectivity index (χ1n) is 8.26. The van der Waals surface area contributed by atoms with Crippen LogP contribution in [-0.2, 0) is 18.4 Å². The van der Waals surface area contributed by atoms with Gasteiger partial charge in [0.2, 0.25) is 5.88 Å². The van der Waals surface area contributed by atoms with Crippen LogP contribution in [-0.4, -0.2) is 23.5 Å². The Morgan fingerprint density at radius 2 is 1.88 bits per heavy atom. The Morgan fingerprint density at radius 3 is 2.62 bits per heavy atom. The van der Waals surface area contributed by atoms with Gasteiger partial charge in [0.15, 0.2) is 0 Å². The molecule has 1 aromatic heterocycles. The SMILES string of the molecule is C=C(COC)c1ccccc1COc1cc(-c2ccc(Cl)cc2)nn1C. The van der Waals surface area contributed by atoms with Crippen molar-refractivity contribution in [3.63, 3.8) is 0 Å². The monoisotopic (exact) mass is 368 g/mol. The Kier molecular flexibility index (Phi) is 5.76. The topological polar surface area (TPSA) is 36.3 Å². The third-order valence-electron chi connectivity index (χ3n) is 4.07. The second kappa shape index (κ2) is 8.21. The fourth-order valence-electron chi connectivity index (χ4n) is 2.74. The van der Waals surface area contributed by atoms with Crippen LogP contribution in [0.25, 0.3) is 16.8 Å². The van der Waals surface area contributed by atoms with Crippen molar-refractivity contribution in [3.05, 3.63) is 77.3 Å². The lowest BCUT2D eigenvalue weighted by molar-refractivity contribution is 0.239. The summed E-state index contributed by atoms with van der Waals surface area (Å²) < 4.78 is 12.9. The second-order valence-corrected chi connectivity index (χ2v) is 6.42. The van der Waals surface area contributed by atoms with Crippen molar-refractivity contribution in [2.24, 2.45) is 7.05 Å². The Balaban J connectivity index is 1.77. The van der Waals surface area contributed by atoms with E-state index in [1.165, 1.54) is 0 Å². The van der Waals surface area contributed by atoms with Gasteiger partial charge in [-0.25, -0.2) is 4.68 Å². The molecule has 0 aliphatic carbocycles. The van der Waals surface area contributed by atoms with E-state index in [1.54, 1.807) is 11.8 Å². The zero-order valence-corrected chi connectivity index (χ0v) is 15.7. The summed E-state index contributed by atoms with van der Waals surface area (Å²) in [5, 5.41) is 5.22. The van der Waals surface area contributed by atoms with Crippen molar-refractivity contribution in [2.45, 2.75) is 6.61 Å². The van der Waals surface area contributed by atoms with Crippen molar-refractivity contribution < 1.29 is 9.47 Å². The first-order chi connectivity index (χ1) is 12.6. The summed E-state index contributed by atoms with van der Waals surface area (Å²) in [6.45, 7) is 5.01. The van der Waals surface area contributed by atoms with Crippen LogP contribution in [0.2, 0.25) is 5.02 Å². The molecule has 1 heterocycles. The summed E-state index contributed by atoms with van der Waals surface area (Å²) in [7, 11) is 3.53. The molecule has 0 saturated heterocycles. The minimum atomic E-state index is 0.429. The molecule has 0 unspecified atom stereocenters. The zero-order valence-electron chi connectivity index (χ0n) is 14.9. The predicted molar refractivity (Wildman–Crippen MR) is 105 cm³/mol. The van der Waals surface area contributed by atoms with Gasteiger partial charge in [-0.2, -0.15) is 5.10 Å². The van der Waals surface area contributed by atoms with E-state index in [1.807, 2.05) is 61.6 Å². The van der Waals surface area contributed by atoms with Gasteiger partial charge in [0.05, 0.1) is 12.3 Å². The number of aromatic nitrogens is 2. The number of nitrogens with zero attached hydrogens (tertiary/aromatic N) is 2. The molecule has 3 rings (SSSR count). The molecule has 0 radical (unpaired) electrons. The molecule has 4 nitrogen and oxygen atoms in total. The fraction of sp³-hybridized carbons (Fsp3) is 0.190. The summed E-state index contributed by atoms with van der Waals surface area (Å²) >= 11 is 5.95. The maximum absolute atomic E-state index is 6.01. The highest BCUT2D eigenvalue weighted by molar-refractivity contribution is 6.30. The normalized spacial score (nSPS) is 10.7. The second-order valence-electron chi connectivity index (χ2n) is 5.98. The van der Waals surface area contributed by atoms with Crippen LogP contribution >= 0.6 is 11.6 Å². The van der Waals surface area contributed by atoms with Gasteiger partial charge in [0.1, 0.15) is 6.61 Å². The average molecular weight is 369 g/mol. The molecule has 0 N–H and O–H groups in total. The number of hydrogen-bond acceptors (Lipinski definition) is 3. The first-order valence-corrected chi connectivity index (χ1v) is 8.64.